The van der Waals surface area contributed by atoms with Gasteiger partial charge >= 0.3 is 6.18 Å². The minimum absolute atomic E-state index is 0.107. The Morgan fingerprint density at radius 3 is 2.62 bits per heavy atom. The zero-order valence-electron chi connectivity index (χ0n) is 11.9. The number of alkyl halides is 3. The van der Waals surface area contributed by atoms with Gasteiger partial charge in [-0.15, -0.1) is 0 Å². The summed E-state index contributed by atoms with van der Waals surface area (Å²) in [6, 6.07) is 4.03. The number of benzene rings is 1. The number of hydrogen-bond donors (Lipinski definition) is 1. The van der Waals surface area contributed by atoms with E-state index < -0.39 is 11.7 Å². The number of aromatic amines is 1. The van der Waals surface area contributed by atoms with Crippen LogP contribution < -0.4 is 0 Å². The Balaban J connectivity index is 2.17. The highest BCUT2D eigenvalue weighted by Gasteiger charge is 2.37. The minimum atomic E-state index is -4.33. The van der Waals surface area contributed by atoms with Gasteiger partial charge in [-0.2, -0.15) is 13.2 Å². The fourth-order valence-electron chi connectivity index (χ4n) is 3.40. The largest absolute Gasteiger partial charge is 0.416 e. The van der Waals surface area contributed by atoms with Gasteiger partial charge in [0, 0.05) is 6.04 Å². The van der Waals surface area contributed by atoms with Gasteiger partial charge in [0.25, 0.3) is 0 Å². The number of halogens is 3. The third-order valence-electron chi connectivity index (χ3n) is 4.56. The molecule has 1 saturated carbocycles. The number of fused-ring (bicyclic) bond motifs is 1. The van der Waals surface area contributed by atoms with Crippen LogP contribution in [0.15, 0.2) is 18.2 Å². The topological polar surface area (TPSA) is 20.7 Å². The van der Waals surface area contributed by atoms with E-state index in [2.05, 4.69) is 18.8 Å². The monoisotopic (exact) mass is 314 g/mol. The lowest BCUT2D eigenvalue weighted by molar-refractivity contribution is -0.137. The van der Waals surface area contributed by atoms with E-state index in [1.165, 1.54) is 6.07 Å². The Morgan fingerprint density at radius 1 is 1.33 bits per heavy atom. The van der Waals surface area contributed by atoms with Gasteiger partial charge < -0.3 is 9.55 Å². The van der Waals surface area contributed by atoms with Crippen molar-refractivity contribution in [1.82, 2.24) is 9.55 Å². The second kappa shape index (κ2) is 4.60. The molecule has 0 saturated heterocycles. The molecule has 1 N–H and O–H groups in total. The van der Waals surface area contributed by atoms with Crippen LogP contribution in [0.2, 0.25) is 0 Å². The highest BCUT2D eigenvalue weighted by Crippen LogP contribution is 2.47. The first kappa shape index (κ1) is 14.6. The predicted octanol–water partition coefficient (Wildman–Crippen LogP) is 5.47. The van der Waals surface area contributed by atoms with Gasteiger partial charge in [-0.3, -0.25) is 0 Å². The molecule has 1 aromatic carbocycles. The van der Waals surface area contributed by atoms with Crippen molar-refractivity contribution in [2.45, 2.75) is 45.3 Å². The highest BCUT2D eigenvalue weighted by molar-refractivity contribution is 7.71. The Labute approximate surface area is 126 Å². The number of hydrogen-bond acceptors (Lipinski definition) is 1. The number of H-pyrrole nitrogens is 1. The summed E-state index contributed by atoms with van der Waals surface area (Å²) in [4.78, 5) is 2.93. The van der Waals surface area contributed by atoms with E-state index in [9.17, 15) is 13.2 Å². The molecule has 114 valence electrons. The quantitative estimate of drug-likeness (QED) is 0.692. The average Bonchev–Trinajstić information content (AvgIpc) is 2.85. The maximum atomic E-state index is 12.8. The first-order valence-electron chi connectivity index (χ1n) is 7.01. The molecule has 2 nitrogen and oxygen atoms in total. The van der Waals surface area contributed by atoms with Crippen molar-refractivity contribution in [1.29, 1.82) is 0 Å². The molecule has 0 amide bonds. The van der Waals surface area contributed by atoms with Crippen LogP contribution in [-0.2, 0) is 6.18 Å². The average molecular weight is 314 g/mol. The number of rotatable bonds is 1. The summed E-state index contributed by atoms with van der Waals surface area (Å²) in [5.41, 5.74) is 0.672. The Bertz CT molecular complexity index is 739. The van der Waals surface area contributed by atoms with Gasteiger partial charge in [-0.05, 0) is 48.7 Å². The van der Waals surface area contributed by atoms with Gasteiger partial charge in [-0.25, -0.2) is 0 Å². The Morgan fingerprint density at radius 2 is 2.05 bits per heavy atom. The summed E-state index contributed by atoms with van der Waals surface area (Å²) >= 11 is 5.35. The number of aromatic nitrogens is 2. The molecule has 1 aliphatic rings. The lowest BCUT2D eigenvalue weighted by Crippen LogP contribution is -2.21. The summed E-state index contributed by atoms with van der Waals surface area (Å²) in [5, 5.41) is 0. The van der Waals surface area contributed by atoms with E-state index in [0.717, 1.165) is 36.9 Å². The lowest BCUT2D eigenvalue weighted by atomic mass is 9.87. The molecular formula is C15H17F3N2S. The third-order valence-corrected chi connectivity index (χ3v) is 4.85. The lowest BCUT2D eigenvalue weighted by Gasteiger charge is -2.28. The third kappa shape index (κ3) is 2.39. The molecule has 0 bridgehead atoms. The highest BCUT2D eigenvalue weighted by atomic mass is 32.1. The van der Waals surface area contributed by atoms with Gasteiger partial charge in [0.1, 0.15) is 0 Å². The standard InChI is InChI=1S/C15H17F3N2S/c1-14(2)7-3-4-12(14)20-11-6-5-9(15(16,17)18)8-10(11)19-13(20)21/h5-6,8,12H,3-4,7H2,1-2H3,(H,19,21). The normalized spacial score (nSPS) is 22.0. The molecule has 21 heavy (non-hydrogen) atoms. The van der Waals surface area contributed by atoms with Crippen molar-refractivity contribution in [3.05, 3.63) is 28.5 Å². The fraction of sp³-hybridized carbons (Fsp3) is 0.533. The van der Waals surface area contributed by atoms with Crippen LogP contribution in [-0.4, -0.2) is 9.55 Å². The van der Waals surface area contributed by atoms with Crippen LogP contribution in [0.25, 0.3) is 11.0 Å². The van der Waals surface area contributed by atoms with Crippen molar-refractivity contribution in [3.8, 4) is 0 Å². The second-order valence-corrected chi connectivity index (χ2v) is 6.81. The molecule has 0 radical (unpaired) electrons. The molecule has 1 aromatic heterocycles. The van der Waals surface area contributed by atoms with Crippen molar-refractivity contribution in [3.63, 3.8) is 0 Å². The van der Waals surface area contributed by atoms with Crippen molar-refractivity contribution < 1.29 is 13.2 Å². The zero-order chi connectivity index (χ0) is 15.4. The minimum Gasteiger partial charge on any atom is -0.331 e. The Hall–Kier alpha value is -1.30. The maximum absolute atomic E-state index is 12.8. The van der Waals surface area contributed by atoms with Crippen LogP contribution in [0.4, 0.5) is 13.2 Å². The second-order valence-electron chi connectivity index (χ2n) is 6.43. The van der Waals surface area contributed by atoms with E-state index in [0.29, 0.717) is 10.3 Å². The van der Waals surface area contributed by atoms with E-state index in [-0.39, 0.29) is 11.5 Å². The van der Waals surface area contributed by atoms with Crippen LogP contribution in [0, 0.1) is 10.2 Å². The Kier molecular flexibility index (Phi) is 3.20. The van der Waals surface area contributed by atoms with Gasteiger partial charge in [-0.1, -0.05) is 20.3 Å². The van der Waals surface area contributed by atoms with Gasteiger partial charge in [0.05, 0.1) is 16.6 Å². The number of nitrogens with one attached hydrogen (secondary N) is 1. The first-order valence-corrected chi connectivity index (χ1v) is 7.42. The summed E-state index contributed by atoms with van der Waals surface area (Å²) in [6.07, 6.45) is -1.10. The van der Waals surface area contributed by atoms with Crippen LogP contribution >= 0.6 is 12.2 Å². The molecule has 6 heteroatoms. The smallest absolute Gasteiger partial charge is 0.331 e. The van der Waals surface area contributed by atoms with Crippen molar-refractivity contribution in [2.75, 3.05) is 0 Å². The molecular weight excluding hydrogens is 297 g/mol. The molecule has 1 aliphatic carbocycles. The molecule has 3 rings (SSSR count). The molecule has 1 atom stereocenters. The fourth-order valence-corrected chi connectivity index (χ4v) is 3.74. The predicted molar refractivity (Wildman–Crippen MR) is 78.8 cm³/mol. The zero-order valence-corrected chi connectivity index (χ0v) is 12.7. The van der Waals surface area contributed by atoms with E-state index >= 15 is 0 Å². The summed E-state index contributed by atoms with van der Waals surface area (Å²) < 4.78 is 40.9. The maximum Gasteiger partial charge on any atom is 0.416 e. The van der Waals surface area contributed by atoms with E-state index in [1.807, 2.05) is 4.57 Å². The SMILES string of the molecule is CC1(C)CCCC1n1c(=S)[nH]c2cc(C(F)(F)F)ccc21. The molecule has 1 fully saturated rings. The molecule has 0 spiro atoms. The molecule has 1 heterocycles. The van der Waals surface area contributed by atoms with E-state index in [4.69, 9.17) is 12.2 Å². The number of nitrogens with zero attached hydrogens (tertiary/aromatic N) is 1. The van der Waals surface area contributed by atoms with Crippen molar-refractivity contribution in [2.24, 2.45) is 5.41 Å². The molecule has 2 aromatic rings. The van der Waals surface area contributed by atoms with Crippen LogP contribution in [0.1, 0.15) is 44.7 Å². The summed E-state index contributed by atoms with van der Waals surface area (Å²) in [5.74, 6) is 0. The molecule has 0 aliphatic heterocycles. The van der Waals surface area contributed by atoms with Crippen molar-refractivity contribution >= 4 is 23.3 Å². The van der Waals surface area contributed by atoms with Crippen LogP contribution in [0.3, 0.4) is 0 Å². The summed E-state index contributed by atoms with van der Waals surface area (Å²) in [6.45, 7) is 4.38. The summed E-state index contributed by atoms with van der Waals surface area (Å²) in [7, 11) is 0. The van der Waals surface area contributed by atoms with Gasteiger partial charge in [0.15, 0.2) is 4.77 Å². The van der Waals surface area contributed by atoms with E-state index in [1.54, 1.807) is 0 Å². The van der Waals surface area contributed by atoms with Crippen LogP contribution in [0.5, 0.6) is 0 Å². The van der Waals surface area contributed by atoms with Gasteiger partial charge in [0.2, 0.25) is 0 Å². The number of imidazole rings is 1. The molecule has 1 unspecified atom stereocenters. The first-order chi connectivity index (χ1) is 9.70.